The van der Waals surface area contributed by atoms with Crippen molar-refractivity contribution in [3.63, 3.8) is 0 Å². The van der Waals surface area contributed by atoms with E-state index in [9.17, 15) is 9.18 Å². The number of nitrogens with zero attached hydrogens (tertiary/aromatic N) is 2. The Morgan fingerprint density at radius 3 is 2.91 bits per heavy atom. The van der Waals surface area contributed by atoms with E-state index in [4.69, 9.17) is 16.3 Å². The predicted octanol–water partition coefficient (Wildman–Crippen LogP) is 2.82. The molecule has 0 unspecified atom stereocenters. The van der Waals surface area contributed by atoms with Crippen LogP contribution < -0.4 is 10.1 Å². The van der Waals surface area contributed by atoms with Crippen LogP contribution in [0.2, 0.25) is 5.02 Å². The van der Waals surface area contributed by atoms with Crippen LogP contribution in [0.25, 0.3) is 5.65 Å². The molecule has 2 aromatic heterocycles. The summed E-state index contributed by atoms with van der Waals surface area (Å²) in [6.45, 7) is 0.0831. The molecule has 0 saturated carbocycles. The minimum Gasteiger partial charge on any atom is -0.482 e. The Labute approximate surface area is 136 Å². The Morgan fingerprint density at radius 1 is 1.26 bits per heavy atom. The number of para-hydroxylation sites is 1. The molecule has 0 spiro atoms. The van der Waals surface area contributed by atoms with Crippen LogP contribution in [-0.2, 0) is 11.3 Å². The summed E-state index contributed by atoms with van der Waals surface area (Å²) in [7, 11) is 0. The SMILES string of the molecule is O=C(COc1ccccc1Cl)NCc1cn2cc(F)ccc2n1. The van der Waals surface area contributed by atoms with Crippen molar-refractivity contribution >= 4 is 23.2 Å². The van der Waals surface area contributed by atoms with Crippen LogP contribution in [0.3, 0.4) is 0 Å². The molecule has 5 nitrogen and oxygen atoms in total. The third-order valence-electron chi connectivity index (χ3n) is 3.13. The quantitative estimate of drug-likeness (QED) is 0.781. The molecule has 23 heavy (non-hydrogen) atoms. The zero-order valence-corrected chi connectivity index (χ0v) is 12.8. The molecule has 3 rings (SSSR count). The molecule has 0 atom stereocenters. The summed E-state index contributed by atoms with van der Waals surface area (Å²) in [6.07, 6.45) is 2.99. The molecule has 7 heteroatoms. The fourth-order valence-corrected chi connectivity index (χ4v) is 2.24. The van der Waals surface area contributed by atoms with Crippen LogP contribution in [0.4, 0.5) is 4.39 Å². The first kappa shape index (κ1) is 15.3. The molecule has 0 aliphatic rings. The maximum atomic E-state index is 13.1. The Hall–Kier alpha value is -2.60. The maximum Gasteiger partial charge on any atom is 0.258 e. The summed E-state index contributed by atoms with van der Waals surface area (Å²) < 4.78 is 20.0. The standard InChI is InChI=1S/C16H13ClFN3O2/c17-13-3-1-2-4-14(13)23-10-16(22)19-7-12-9-21-8-11(18)5-6-15(21)20-12/h1-6,8-9H,7,10H2,(H,19,22). The summed E-state index contributed by atoms with van der Waals surface area (Å²) in [4.78, 5) is 16.1. The number of carbonyl (C=O) groups excluding carboxylic acids is 1. The number of hydrogen-bond donors (Lipinski definition) is 1. The first-order chi connectivity index (χ1) is 11.1. The summed E-state index contributed by atoms with van der Waals surface area (Å²) in [5, 5.41) is 3.13. The molecular weight excluding hydrogens is 321 g/mol. The number of imidazole rings is 1. The van der Waals surface area contributed by atoms with Crippen LogP contribution in [-0.4, -0.2) is 21.9 Å². The fourth-order valence-electron chi connectivity index (χ4n) is 2.05. The van der Waals surface area contributed by atoms with Crippen molar-refractivity contribution < 1.29 is 13.9 Å². The minimum absolute atomic E-state index is 0.147. The molecule has 0 saturated heterocycles. The van der Waals surface area contributed by atoms with Crippen molar-refractivity contribution in [1.82, 2.24) is 14.7 Å². The van der Waals surface area contributed by atoms with E-state index in [1.54, 1.807) is 40.9 Å². The van der Waals surface area contributed by atoms with Crippen LogP contribution in [0.5, 0.6) is 5.75 Å². The van der Waals surface area contributed by atoms with Gasteiger partial charge in [-0.2, -0.15) is 0 Å². The van der Waals surface area contributed by atoms with Crippen molar-refractivity contribution in [2.75, 3.05) is 6.61 Å². The van der Waals surface area contributed by atoms with Crippen LogP contribution >= 0.6 is 11.6 Å². The average Bonchev–Trinajstić information content (AvgIpc) is 2.94. The van der Waals surface area contributed by atoms with Crippen molar-refractivity contribution in [2.24, 2.45) is 0 Å². The van der Waals surface area contributed by atoms with Crippen molar-refractivity contribution in [3.05, 3.63) is 65.3 Å². The summed E-state index contributed by atoms with van der Waals surface area (Å²) in [5.74, 6) is -0.195. The largest absolute Gasteiger partial charge is 0.482 e. The number of hydrogen-bond acceptors (Lipinski definition) is 3. The number of aromatic nitrogens is 2. The third kappa shape index (κ3) is 3.78. The normalized spacial score (nSPS) is 10.7. The molecule has 0 radical (unpaired) electrons. The van der Waals surface area contributed by atoms with Crippen molar-refractivity contribution in [1.29, 1.82) is 0 Å². The Morgan fingerprint density at radius 2 is 2.09 bits per heavy atom. The molecule has 1 N–H and O–H groups in total. The number of fused-ring (bicyclic) bond motifs is 1. The number of pyridine rings is 1. The van der Waals surface area contributed by atoms with Crippen LogP contribution in [0, 0.1) is 5.82 Å². The minimum atomic E-state index is -0.348. The van der Waals surface area contributed by atoms with Gasteiger partial charge < -0.3 is 14.5 Å². The first-order valence-corrected chi connectivity index (χ1v) is 7.27. The Kier molecular flexibility index (Phi) is 4.43. The number of nitrogens with one attached hydrogen (secondary N) is 1. The highest BCUT2D eigenvalue weighted by Crippen LogP contribution is 2.22. The number of rotatable bonds is 5. The van der Waals surface area contributed by atoms with Crippen molar-refractivity contribution in [3.8, 4) is 5.75 Å². The van der Waals surface area contributed by atoms with E-state index < -0.39 is 0 Å². The topological polar surface area (TPSA) is 55.6 Å². The average molecular weight is 334 g/mol. The van der Waals surface area contributed by atoms with Crippen LogP contribution in [0.1, 0.15) is 5.69 Å². The zero-order valence-electron chi connectivity index (χ0n) is 12.0. The van der Waals surface area contributed by atoms with Gasteiger partial charge in [-0.15, -0.1) is 0 Å². The van der Waals surface area contributed by atoms with Gasteiger partial charge in [-0.3, -0.25) is 4.79 Å². The second kappa shape index (κ2) is 6.66. The molecule has 118 valence electrons. The fraction of sp³-hybridized carbons (Fsp3) is 0.125. The van der Waals surface area contributed by atoms with Gasteiger partial charge in [-0.25, -0.2) is 9.37 Å². The van der Waals surface area contributed by atoms with E-state index in [0.717, 1.165) is 0 Å². The highest BCUT2D eigenvalue weighted by molar-refractivity contribution is 6.32. The van der Waals surface area contributed by atoms with E-state index in [2.05, 4.69) is 10.3 Å². The molecule has 0 bridgehead atoms. The second-order valence-corrected chi connectivity index (χ2v) is 5.25. The van der Waals surface area contributed by atoms with Crippen LogP contribution in [0.15, 0.2) is 48.8 Å². The predicted molar refractivity (Wildman–Crippen MR) is 83.9 cm³/mol. The molecule has 0 fully saturated rings. The van der Waals surface area contributed by atoms with E-state index in [0.29, 0.717) is 22.1 Å². The molecule has 0 aliphatic carbocycles. The Bertz CT molecular complexity index is 850. The Balaban J connectivity index is 1.54. The zero-order chi connectivity index (χ0) is 16.2. The molecule has 1 aromatic carbocycles. The number of carbonyl (C=O) groups is 1. The van der Waals surface area contributed by atoms with Gasteiger partial charge >= 0.3 is 0 Å². The van der Waals surface area contributed by atoms with Gasteiger partial charge in [-0.05, 0) is 24.3 Å². The van der Waals surface area contributed by atoms with E-state index >= 15 is 0 Å². The molecular formula is C16H13ClFN3O2. The highest BCUT2D eigenvalue weighted by atomic mass is 35.5. The van der Waals surface area contributed by atoms with Gasteiger partial charge in [0.1, 0.15) is 17.2 Å². The van der Waals surface area contributed by atoms with Gasteiger partial charge in [0, 0.05) is 12.4 Å². The molecule has 1 amide bonds. The van der Waals surface area contributed by atoms with E-state index in [-0.39, 0.29) is 24.9 Å². The monoisotopic (exact) mass is 333 g/mol. The second-order valence-electron chi connectivity index (χ2n) is 4.84. The summed E-state index contributed by atoms with van der Waals surface area (Å²) >= 11 is 5.94. The summed E-state index contributed by atoms with van der Waals surface area (Å²) in [5.41, 5.74) is 1.24. The van der Waals surface area contributed by atoms with Gasteiger partial charge in [0.15, 0.2) is 6.61 Å². The lowest BCUT2D eigenvalue weighted by Gasteiger charge is -2.07. The third-order valence-corrected chi connectivity index (χ3v) is 3.44. The number of benzene rings is 1. The lowest BCUT2D eigenvalue weighted by Crippen LogP contribution is -2.28. The van der Waals surface area contributed by atoms with Gasteiger partial charge in [0.2, 0.25) is 0 Å². The van der Waals surface area contributed by atoms with Gasteiger partial charge in [0.05, 0.1) is 17.3 Å². The van der Waals surface area contributed by atoms with Gasteiger partial charge in [-0.1, -0.05) is 23.7 Å². The molecule has 2 heterocycles. The maximum absolute atomic E-state index is 13.1. The lowest BCUT2D eigenvalue weighted by atomic mass is 10.3. The number of amides is 1. The van der Waals surface area contributed by atoms with E-state index in [1.807, 2.05) is 0 Å². The van der Waals surface area contributed by atoms with E-state index in [1.165, 1.54) is 12.3 Å². The molecule has 0 aliphatic heterocycles. The smallest absolute Gasteiger partial charge is 0.258 e. The number of ether oxygens (including phenoxy) is 1. The number of halogens is 2. The summed E-state index contributed by atoms with van der Waals surface area (Å²) in [6, 6.07) is 9.83. The first-order valence-electron chi connectivity index (χ1n) is 6.89. The molecule has 3 aromatic rings. The van der Waals surface area contributed by atoms with Gasteiger partial charge in [0.25, 0.3) is 5.91 Å². The highest BCUT2D eigenvalue weighted by Gasteiger charge is 2.07. The van der Waals surface area contributed by atoms with Crippen molar-refractivity contribution in [2.45, 2.75) is 6.54 Å². The lowest BCUT2D eigenvalue weighted by molar-refractivity contribution is -0.123.